The summed E-state index contributed by atoms with van der Waals surface area (Å²) in [5.41, 5.74) is 1.06. The van der Waals surface area contributed by atoms with Crippen LogP contribution in [-0.4, -0.2) is 40.4 Å². The van der Waals surface area contributed by atoms with Crippen molar-refractivity contribution >= 4 is 11.6 Å². The fourth-order valence-corrected chi connectivity index (χ4v) is 3.42. The third-order valence-corrected chi connectivity index (χ3v) is 4.61. The maximum absolute atomic E-state index is 12.2. The van der Waals surface area contributed by atoms with Gasteiger partial charge in [-0.1, -0.05) is 24.2 Å². The van der Waals surface area contributed by atoms with Gasteiger partial charge in [-0.25, -0.2) is 0 Å². The molecule has 0 unspecified atom stereocenters. The van der Waals surface area contributed by atoms with E-state index in [1.807, 2.05) is 29.2 Å². The molecular formula is C17H22N2O3. The molecule has 0 radical (unpaired) electrons. The fourth-order valence-electron chi connectivity index (χ4n) is 3.42. The quantitative estimate of drug-likeness (QED) is 0.675. The highest BCUT2D eigenvalue weighted by Crippen LogP contribution is 2.39. The van der Waals surface area contributed by atoms with Crippen molar-refractivity contribution in [1.29, 1.82) is 0 Å². The van der Waals surface area contributed by atoms with Crippen molar-refractivity contribution in [2.75, 3.05) is 13.1 Å². The van der Waals surface area contributed by atoms with Crippen molar-refractivity contribution in [2.45, 2.75) is 44.6 Å². The number of nitrogens with zero attached hydrogens (tertiary/aromatic N) is 2. The summed E-state index contributed by atoms with van der Waals surface area (Å²) in [6.45, 7) is 3.58. The highest BCUT2D eigenvalue weighted by atomic mass is 16.5. The Morgan fingerprint density at radius 3 is 2.95 bits per heavy atom. The Morgan fingerprint density at radius 2 is 2.18 bits per heavy atom. The first-order valence-electron chi connectivity index (χ1n) is 7.94. The summed E-state index contributed by atoms with van der Waals surface area (Å²) < 4.78 is 6.28. The second-order valence-electron chi connectivity index (χ2n) is 6.14. The van der Waals surface area contributed by atoms with Crippen molar-refractivity contribution < 1.29 is 14.7 Å². The molecule has 1 spiro atoms. The summed E-state index contributed by atoms with van der Waals surface area (Å²) >= 11 is 0. The normalized spacial score (nSPS) is 26.7. The summed E-state index contributed by atoms with van der Waals surface area (Å²) in [5, 5.41) is 12.8. The molecule has 1 atom stereocenters. The first kappa shape index (κ1) is 14.9. The van der Waals surface area contributed by atoms with Gasteiger partial charge in [0.25, 0.3) is 0 Å². The van der Waals surface area contributed by atoms with Crippen LogP contribution in [0.4, 0.5) is 0 Å². The number of rotatable bonds is 2. The zero-order valence-electron chi connectivity index (χ0n) is 12.9. The van der Waals surface area contributed by atoms with E-state index < -0.39 is 5.60 Å². The first-order valence-corrected chi connectivity index (χ1v) is 7.94. The number of carbonyl (C=O) groups is 1. The maximum Gasteiger partial charge on any atom is 0.222 e. The van der Waals surface area contributed by atoms with Gasteiger partial charge in [0.1, 0.15) is 11.4 Å². The van der Waals surface area contributed by atoms with Gasteiger partial charge < -0.3 is 14.8 Å². The number of para-hydroxylation sites is 1. The third kappa shape index (κ3) is 2.67. The van der Waals surface area contributed by atoms with Crippen LogP contribution in [0.3, 0.4) is 0 Å². The fraction of sp³-hybridized carbons (Fsp3) is 0.529. The Hall–Kier alpha value is -2.04. The molecule has 1 saturated heterocycles. The molecule has 118 valence electrons. The average Bonchev–Trinajstić information content (AvgIpc) is 2.69. The zero-order chi connectivity index (χ0) is 15.6. The van der Waals surface area contributed by atoms with Crippen molar-refractivity contribution in [1.82, 2.24) is 4.90 Å². The molecule has 22 heavy (non-hydrogen) atoms. The molecule has 2 aliphatic rings. The van der Waals surface area contributed by atoms with Gasteiger partial charge in [-0.05, 0) is 25.0 Å². The summed E-state index contributed by atoms with van der Waals surface area (Å²) in [5.74, 6) is 0.946. The molecule has 0 saturated carbocycles. The van der Waals surface area contributed by atoms with Gasteiger partial charge in [-0.15, -0.1) is 0 Å². The van der Waals surface area contributed by atoms with Gasteiger partial charge in [0.05, 0.1) is 5.71 Å². The monoisotopic (exact) mass is 302 g/mol. The summed E-state index contributed by atoms with van der Waals surface area (Å²) in [6, 6.07) is 7.63. The molecule has 1 aromatic carbocycles. The van der Waals surface area contributed by atoms with Crippen LogP contribution in [0.5, 0.6) is 5.75 Å². The van der Waals surface area contributed by atoms with Crippen LogP contribution in [-0.2, 0) is 4.79 Å². The predicted molar refractivity (Wildman–Crippen MR) is 83.5 cm³/mol. The molecule has 1 fully saturated rings. The van der Waals surface area contributed by atoms with E-state index in [0.717, 1.165) is 30.7 Å². The third-order valence-electron chi connectivity index (χ3n) is 4.61. The number of amides is 1. The maximum atomic E-state index is 12.2. The van der Waals surface area contributed by atoms with Gasteiger partial charge in [0.2, 0.25) is 5.91 Å². The number of hydrogen-bond acceptors (Lipinski definition) is 4. The Labute approximate surface area is 130 Å². The molecule has 0 aromatic heterocycles. The molecule has 1 N–H and O–H groups in total. The summed E-state index contributed by atoms with van der Waals surface area (Å²) in [6.07, 6.45) is 3.44. The van der Waals surface area contributed by atoms with Crippen LogP contribution in [0.25, 0.3) is 0 Å². The number of likely N-dealkylation sites (tertiary alicyclic amines) is 1. The molecule has 1 aromatic rings. The Bertz CT molecular complexity index is 599. The Kier molecular flexibility index (Phi) is 4.05. The van der Waals surface area contributed by atoms with E-state index in [1.54, 1.807) is 0 Å². The van der Waals surface area contributed by atoms with E-state index in [9.17, 15) is 10.0 Å². The molecule has 1 amide bonds. The van der Waals surface area contributed by atoms with E-state index >= 15 is 0 Å². The highest BCUT2D eigenvalue weighted by molar-refractivity contribution is 6.04. The lowest BCUT2D eigenvalue weighted by Gasteiger charge is -2.38. The van der Waals surface area contributed by atoms with Crippen LogP contribution in [0.2, 0.25) is 0 Å². The average molecular weight is 302 g/mol. The number of hydrogen-bond donors (Lipinski definition) is 1. The van der Waals surface area contributed by atoms with Crippen LogP contribution in [0.1, 0.15) is 44.6 Å². The van der Waals surface area contributed by atoms with Crippen molar-refractivity contribution in [3.63, 3.8) is 0 Å². The van der Waals surface area contributed by atoms with Crippen molar-refractivity contribution in [3.05, 3.63) is 29.8 Å². The van der Waals surface area contributed by atoms with Gasteiger partial charge in [-0.3, -0.25) is 4.79 Å². The minimum absolute atomic E-state index is 0.198. The minimum atomic E-state index is -0.436. The van der Waals surface area contributed by atoms with Crippen LogP contribution < -0.4 is 4.74 Å². The highest BCUT2D eigenvalue weighted by Gasteiger charge is 2.42. The van der Waals surface area contributed by atoms with Gasteiger partial charge >= 0.3 is 0 Å². The van der Waals surface area contributed by atoms with Crippen LogP contribution >= 0.6 is 0 Å². The van der Waals surface area contributed by atoms with Gasteiger partial charge in [0.15, 0.2) is 0 Å². The van der Waals surface area contributed by atoms with E-state index in [-0.39, 0.29) is 5.91 Å². The van der Waals surface area contributed by atoms with Gasteiger partial charge in [-0.2, -0.15) is 0 Å². The van der Waals surface area contributed by atoms with Crippen molar-refractivity contribution in [2.24, 2.45) is 5.16 Å². The van der Waals surface area contributed by atoms with E-state index in [2.05, 4.69) is 12.1 Å². The van der Waals surface area contributed by atoms with Crippen LogP contribution in [0, 0.1) is 0 Å². The number of fused-ring (bicyclic) bond motifs is 1. The molecule has 2 aliphatic heterocycles. The molecule has 5 nitrogen and oxygen atoms in total. The van der Waals surface area contributed by atoms with Gasteiger partial charge in [0, 0.05) is 37.9 Å². The smallest absolute Gasteiger partial charge is 0.222 e. The predicted octanol–water partition coefficient (Wildman–Crippen LogP) is 2.81. The van der Waals surface area contributed by atoms with E-state index in [1.165, 1.54) is 0 Å². The SMILES string of the molecule is CCCN1CC[C@]2(CCC1=O)C/C(=N/O)c1ccccc1O2. The summed E-state index contributed by atoms with van der Waals surface area (Å²) in [7, 11) is 0. The molecular weight excluding hydrogens is 280 g/mol. The number of ether oxygens (including phenoxy) is 1. The largest absolute Gasteiger partial charge is 0.486 e. The van der Waals surface area contributed by atoms with Crippen molar-refractivity contribution in [3.8, 4) is 5.75 Å². The summed E-state index contributed by atoms with van der Waals surface area (Å²) in [4.78, 5) is 14.1. The second-order valence-corrected chi connectivity index (χ2v) is 6.14. The number of oxime groups is 1. The van der Waals surface area contributed by atoms with E-state index in [0.29, 0.717) is 31.5 Å². The Balaban J connectivity index is 1.87. The lowest BCUT2D eigenvalue weighted by Crippen LogP contribution is -2.43. The molecule has 0 aliphatic carbocycles. The topological polar surface area (TPSA) is 62.1 Å². The second kappa shape index (κ2) is 5.99. The molecule has 3 rings (SSSR count). The molecule has 5 heteroatoms. The molecule has 2 heterocycles. The Morgan fingerprint density at radius 1 is 1.36 bits per heavy atom. The standard InChI is InChI=1S/C17H22N2O3/c1-2-10-19-11-9-17(8-7-16(19)20)12-14(18-21)13-5-3-4-6-15(13)22-17/h3-6,21H,2,7-12H2,1H3/b18-14-/t17-/m1/s1. The number of benzene rings is 1. The minimum Gasteiger partial charge on any atom is -0.486 e. The first-order chi connectivity index (χ1) is 10.7. The number of carbonyl (C=O) groups excluding carboxylic acids is 1. The lowest BCUT2D eigenvalue weighted by atomic mass is 9.84. The van der Waals surface area contributed by atoms with E-state index in [4.69, 9.17) is 4.74 Å². The van der Waals surface area contributed by atoms with Crippen LogP contribution in [0.15, 0.2) is 29.4 Å². The lowest BCUT2D eigenvalue weighted by molar-refractivity contribution is -0.130. The molecule has 0 bridgehead atoms. The zero-order valence-corrected chi connectivity index (χ0v) is 12.9.